The van der Waals surface area contributed by atoms with E-state index in [1.165, 1.54) is 40.3 Å². The van der Waals surface area contributed by atoms with Crippen LogP contribution in [0.4, 0.5) is 0 Å². The van der Waals surface area contributed by atoms with Gasteiger partial charge >= 0.3 is 128 Å². The second-order valence-electron chi connectivity index (χ2n) is 8.70. The topological polar surface area (TPSA) is 0 Å². The van der Waals surface area contributed by atoms with E-state index in [1.807, 2.05) is 41.4 Å². The van der Waals surface area contributed by atoms with Crippen molar-refractivity contribution < 1.29 is 0 Å². The first-order chi connectivity index (χ1) is 17.9. The first-order valence-corrected chi connectivity index (χ1v) is 27.7. The molecule has 0 saturated carbocycles. The zero-order valence-electron chi connectivity index (χ0n) is 18.2. The third-order valence-corrected chi connectivity index (χ3v) is 26.2. The van der Waals surface area contributed by atoms with E-state index >= 15 is 0 Å². The SMILES string of the molecule is c1cc2ssc3c4cccc5ssc(c(c1)c23)c54.c1ccc2c3c4c(ccc5c4c(c2c1)[Se][Se]5)[Se][Se]3. The number of fused-ring (bicyclic) bond motifs is 5. The van der Waals surface area contributed by atoms with E-state index in [9.17, 15) is 0 Å². The summed E-state index contributed by atoms with van der Waals surface area (Å²) in [4.78, 5) is 0. The Morgan fingerprint density at radius 2 is 0.861 bits per heavy atom. The van der Waals surface area contributed by atoms with Gasteiger partial charge in [0.15, 0.2) is 0 Å². The molecule has 172 valence electrons. The fourth-order valence-corrected chi connectivity index (χ4v) is 26.7. The number of rotatable bonds is 0. The molecule has 0 spiro atoms. The minimum absolute atomic E-state index is 0.717. The Bertz CT molecular complexity index is 2020. The van der Waals surface area contributed by atoms with Gasteiger partial charge in [0, 0.05) is 30.9 Å². The van der Waals surface area contributed by atoms with E-state index in [4.69, 9.17) is 0 Å². The molecule has 4 heterocycles. The van der Waals surface area contributed by atoms with Gasteiger partial charge in [-0.05, 0) is 12.1 Å². The van der Waals surface area contributed by atoms with Gasteiger partial charge in [-0.1, -0.05) is 65.6 Å². The van der Waals surface area contributed by atoms with Crippen LogP contribution in [0.5, 0.6) is 0 Å². The van der Waals surface area contributed by atoms with E-state index in [0.29, 0.717) is 26.3 Å². The van der Waals surface area contributed by atoms with Crippen LogP contribution in [0.25, 0.3) is 61.9 Å². The molecule has 0 nitrogen and oxygen atoms in total. The molecular weight excluding hydrogens is 780 g/mol. The van der Waals surface area contributed by atoms with Gasteiger partial charge in [0.05, 0.1) is 9.40 Å². The Hall–Kier alpha value is -0.682. The predicted molar refractivity (Wildman–Crippen MR) is 171 cm³/mol. The molecular formula is C28H12S4Se4. The second kappa shape index (κ2) is 8.41. The molecule has 0 atom stereocenters. The summed E-state index contributed by atoms with van der Waals surface area (Å²) in [5.41, 5.74) is 0. The zero-order chi connectivity index (χ0) is 23.4. The fraction of sp³-hybridized carbons (Fsp3) is 0. The summed E-state index contributed by atoms with van der Waals surface area (Å²) < 4.78 is 12.6. The molecule has 36 heavy (non-hydrogen) atoms. The normalized spacial score (nSPS) is 14.2. The second-order valence-corrected chi connectivity index (χ2v) is 25.3. The van der Waals surface area contributed by atoms with Crippen molar-refractivity contribution in [3.05, 3.63) is 72.8 Å². The van der Waals surface area contributed by atoms with Crippen LogP contribution >= 0.6 is 41.4 Å². The van der Waals surface area contributed by atoms with Crippen LogP contribution in [0.3, 0.4) is 0 Å². The average Bonchev–Trinajstić information content (AvgIpc) is 3.72. The Kier molecular flexibility index (Phi) is 5.18. The van der Waals surface area contributed by atoms with E-state index in [2.05, 4.69) is 72.8 Å². The first kappa shape index (κ1) is 22.2. The van der Waals surface area contributed by atoms with Crippen molar-refractivity contribution in [1.82, 2.24) is 0 Å². The molecule has 2 aromatic heterocycles. The molecule has 0 N–H and O–H groups in total. The van der Waals surface area contributed by atoms with Gasteiger partial charge in [0.2, 0.25) is 0 Å². The fourth-order valence-electron chi connectivity index (χ4n) is 5.31. The predicted octanol–water partition coefficient (Wildman–Crippen LogP) is 5.71. The van der Waals surface area contributed by atoms with Crippen molar-refractivity contribution in [1.29, 1.82) is 0 Å². The zero-order valence-corrected chi connectivity index (χ0v) is 28.3. The average molecular weight is 793 g/mol. The maximum atomic E-state index is 2.44. The third kappa shape index (κ3) is 3.02. The Morgan fingerprint density at radius 1 is 0.389 bits per heavy atom. The van der Waals surface area contributed by atoms with Crippen molar-refractivity contribution in [3.8, 4) is 0 Å². The molecule has 2 aliphatic heterocycles. The molecule has 10 rings (SSSR count). The van der Waals surface area contributed by atoms with Crippen LogP contribution in [0, 0.1) is 0 Å². The number of hydrogen-bond acceptors (Lipinski definition) is 4. The Labute approximate surface area is 243 Å². The molecule has 0 aliphatic carbocycles. The van der Waals surface area contributed by atoms with Crippen LogP contribution in [0.2, 0.25) is 0 Å². The summed E-state index contributed by atoms with van der Waals surface area (Å²) in [7, 11) is 7.64. The summed E-state index contributed by atoms with van der Waals surface area (Å²) in [6, 6.07) is 27.5. The van der Waals surface area contributed by atoms with Crippen LogP contribution in [-0.2, 0) is 0 Å². The van der Waals surface area contributed by atoms with Crippen molar-refractivity contribution in [2.45, 2.75) is 0 Å². The van der Waals surface area contributed by atoms with E-state index in [0.717, 1.165) is 26.3 Å². The summed E-state index contributed by atoms with van der Waals surface area (Å²) in [5, 5.41) is 12.4. The van der Waals surface area contributed by atoms with Gasteiger partial charge in [0.25, 0.3) is 0 Å². The van der Waals surface area contributed by atoms with Crippen molar-refractivity contribution in [3.63, 3.8) is 0 Å². The molecule has 0 amide bonds. The van der Waals surface area contributed by atoms with Gasteiger partial charge in [-0.25, -0.2) is 0 Å². The molecule has 8 aromatic rings. The van der Waals surface area contributed by atoms with E-state index in [1.54, 1.807) is 39.4 Å². The van der Waals surface area contributed by atoms with Crippen molar-refractivity contribution >= 4 is 174 Å². The quantitative estimate of drug-likeness (QED) is 0.105. The van der Waals surface area contributed by atoms with Gasteiger partial charge < -0.3 is 0 Å². The Balaban J connectivity index is 0.000000108. The number of hydrogen-bond donors (Lipinski definition) is 0. The monoisotopic (exact) mass is 796 g/mol. The van der Waals surface area contributed by atoms with E-state index < -0.39 is 0 Å². The molecule has 0 saturated heterocycles. The molecule has 0 radical (unpaired) electrons. The molecule has 2 aliphatic rings. The summed E-state index contributed by atoms with van der Waals surface area (Å²) in [5.74, 6) is 0. The van der Waals surface area contributed by atoms with Crippen molar-refractivity contribution in [2.75, 3.05) is 0 Å². The number of benzene rings is 6. The van der Waals surface area contributed by atoms with Gasteiger partial charge in [-0.2, -0.15) is 0 Å². The standard InChI is InChI=1S/C14H6S4.C14H6Se4/c1-3-7-11-9(5-1)15-18-14(11)8-4-2-6-10-12(8)13(7)17-16-10;1-2-4-8-7(3-1)13-11-9(15-17-13)5-6-10-12(11)14(8)18-16-10/h2*1-6H. The minimum atomic E-state index is 0.717. The summed E-state index contributed by atoms with van der Waals surface area (Å²) >= 11 is 2.90. The molecule has 8 heteroatoms. The van der Waals surface area contributed by atoms with Crippen LogP contribution < -0.4 is 17.8 Å². The van der Waals surface area contributed by atoms with Gasteiger partial charge in [0.1, 0.15) is 0 Å². The molecule has 0 fully saturated rings. The van der Waals surface area contributed by atoms with Crippen LogP contribution in [0.15, 0.2) is 72.8 Å². The van der Waals surface area contributed by atoms with Gasteiger partial charge in [-0.15, -0.1) is 0 Å². The van der Waals surface area contributed by atoms with E-state index in [-0.39, 0.29) is 0 Å². The summed E-state index contributed by atoms with van der Waals surface area (Å²) in [6.45, 7) is 0. The molecule has 0 bridgehead atoms. The maximum absolute atomic E-state index is 2.44. The molecule has 0 unspecified atom stereocenters. The third-order valence-electron chi connectivity index (χ3n) is 6.85. The molecule has 6 aromatic carbocycles. The van der Waals surface area contributed by atoms with Crippen LogP contribution in [0.1, 0.15) is 0 Å². The van der Waals surface area contributed by atoms with Gasteiger partial charge in [-0.3, -0.25) is 0 Å². The van der Waals surface area contributed by atoms with Crippen molar-refractivity contribution in [2.24, 2.45) is 0 Å². The summed E-state index contributed by atoms with van der Waals surface area (Å²) in [6.07, 6.45) is 0. The Morgan fingerprint density at radius 3 is 1.36 bits per heavy atom. The van der Waals surface area contributed by atoms with Crippen LogP contribution in [-0.4, -0.2) is 52.5 Å². The first-order valence-electron chi connectivity index (χ1n) is 11.3.